The smallest absolute Gasteiger partial charge is 0.176 e. The highest BCUT2D eigenvalue weighted by Gasteiger charge is 2.08. The molecule has 172 valence electrons. The number of aromatic hydroxyl groups is 2. The van der Waals surface area contributed by atoms with Gasteiger partial charge in [0.15, 0.2) is 17.3 Å². The van der Waals surface area contributed by atoms with Crippen LogP contribution in [0.4, 0.5) is 0 Å². The number of carbonyl (C=O) groups is 1. The first-order valence-electron chi connectivity index (χ1n) is 12.4. The maximum absolute atomic E-state index is 12.0. The van der Waals surface area contributed by atoms with Crippen LogP contribution in [-0.2, 0) is 0 Å². The summed E-state index contributed by atoms with van der Waals surface area (Å²) >= 11 is 0. The molecule has 0 spiro atoms. The SMILES string of the molecule is CCCCCCCCCCCCCCCCCCNCC(=O)c1ccc(O)c(O)c1. The zero-order valence-corrected chi connectivity index (χ0v) is 19.3. The zero-order valence-electron chi connectivity index (χ0n) is 19.3. The van der Waals surface area contributed by atoms with Crippen molar-refractivity contribution in [3.8, 4) is 11.5 Å². The number of nitrogens with one attached hydrogen (secondary N) is 1. The Hall–Kier alpha value is -1.55. The van der Waals surface area contributed by atoms with E-state index in [0.29, 0.717) is 5.56 Å². The molecule has 0 aliphatic rings. The van der Waals surface area contributed by atoms with Gasteiger partial charge in [-0.1, -0.05) is 103 Å². The average Bonchev–Trinajstić information content (AvgIpc) is 2.74. The number of rotatable bonds is 20. The summed E-state index contributed by atoms with van der Waals surface area (Å²) in [5, 5.41) is 21.9. The Bertz CT molecular complexity index is 559. The van der Waals surface area contributed by atoms with Crippen molar-refractivity contribution in [1.82, 2.24) is 5.32 Å². The van der Waals surface area contributed by atoms with Gasteiger partial charge in [-0.25, -0.2) is 0 Å². The van der Waals surface area contributed by atoms with E-state index in [1.807, 2.05) is 0 Å². The van der Waals surface area contributed by atoms with E-state index in [-0.39, 0.29) is 23.8 Å². The Labute approximate surface area is 184 Å². The summed E-state index contributed by atoms with van der Waals surface area (Å²) in [7, 11) is 0. The summed E-state index contributed by atoms with van der Waals surface area (Å²) in [6.07, 6.45) is 21.7. The van der Waals surface area contributed by atoms with Crippen molar-refractivity contribution in [3.05, 3.63) is 23.8 Å². The topological polar surface area (TPSA) is 69.6 Å². The van der Waals surface area contributed by atoms with E-state index in [1.165, 1.54) is 115 Å². The molecule has 0 aliphatic heterocycles. The van der Waals surface area contributed by atoms with Crippen molar-refractivity contribution in [1.29, 1.82) is 0 Å². The molecule has 4 heteroatoms. The first-order chi connectivity index (χ1) is 14.6. The Kier molecular flexibility index (Phi) is 16.1. The lowest BCUT2D eigenvalue weighted by Crippen LogP contribution is -2.24. The molecule has 0 aromatic heterocycles. The van der Waals surface area contributed by atoms with Gasteiger partial charge in [0.05, 0.1) is 6.54 Å². The fourth-order valence-electron chi connectivity index (χ4n) is 3.80. The van der Waals surface area contributed by atoms with Crippen molar-refractivity contribution >= 4 is 5.78 Å². The molecule has 1 aromatic carbocycles. The van der Waals surface area contributed by atoms with Gasteiger partial charge in [0.1, 0.15) is 0 Å². The number of ketones is 1. The number of phenolic OH excluding ortho intramolecular Hbond substituents is 2. The number of benzene rings is 1. The number of unbranched alkanes of at least 4 members (excludes halogenated alkanes) is 15. The molecule has 1 rings (SSSR count). The van der Waals surface area contributed by atoms with Crippen molar-refractivity contribution in [2.75, 3.05) is 13.1 Å². The van der Waals surface area contributed by atoms with Crippen LogP contribution >= 0.6 is 0 Å². The van der Waals surface area contributed by atoms with E-state index in [0.717, 1.165) is 13.0 Å². The van der Waals surface area contributed by atoms with Gasteiger partial charge in [-0.15, -0.1) is 0 Å². The number of phenols is 2. The third-order valence-corrected chi connectivity index (χ3v) is 5.79. The van der Waals surface area contributed by atoms with Gasteiger partial charge in [-0.2, -0.15) is 0 Å². The predicted molar refractivity (Wildman–Crippen MR) is 127 cm³/mol. The summed E-state index contributed by atoms with van der Waals surface area (Å²) in [5.74, 6) is -0.520. The minimum atomic E-state index is -0.251. The van der Waals surface area contributed by atoms with Crippen LogP contribution in [-0.4, -0.2) is 29.1 Å². The molecule has 0 aliphatic carbocycles. The number of carbonyl (C=O) groups excluding carboxylic acids is 1. The van der Waals surface area contributed by atoms with E-state index in [1.54, 1.807) is 0 Å². The molecular weight excluding hydrogens is 374 g/mol. The summed E-state index contributed by atoms with van der Waals surface area (Å²) in [6.45, 7) is 3.38. The van der Waals surface area contributed by atoms with Crippen LogP contribution < -0.4 is 5.32 Å². The van der Waals surface area contributed by atoms with Gasteiger partial charge in [-0.05, 0) is 31.2 Å². The first kappa shape index (κ1) is 26.5. The summed E-state index contributed by atoms with van der Waals surface area (Å²) < 4.78 is 0. The van der Waals surface area contributed by atoms with Crippen LogP contribution in [0.1, 0.15) is 120 Å². The molecule has 0 atom stereocenters. The average molecular weight is 420 g/mol. The third kappa shape index (κ3) is 13.6. The summed E-state index contributed by atoms with van der Waals surface area (Å²) in [6, 6.07) is 4.19. The number of Topliss-reactive ketones (excluding diaryl/α,β-unsaturated/α-hetero) is 1. The van der Waals surface area contributed by atoms with Crippen LogP contribution in [0.15, 0.2) is 18.2 Å². The third-order valence-electron chi connectivity index (χ3n) is 5.79. The van der Waals surface area contributed by atoms with E-state index in [4.69, 9.17) is 0 Å². The molecule has 0 saturated heterocycles. The van der Waals surface area contributed by atoms with Crippen LogP contribution in [0.2, 0.25) is 0 Å². The van der Waals surface area contributed by atoms with Gasteiger partial charge >= 0.3 is 0 Å². The highest BCUT2D eigenvalue weighted by atomic mass is 16.3. The zero-order chi connectivity index (χ0) is 21.9. The lowest BCUT2D eigenvalue weighted by Gasteiger charge is -2.06. The van der Waals surface area contributed by atoms with Crippen LogP contribution in [0.25, 0.3) is 0 Å². The van der Waals surface area contributed by atoms with E-state index >= 15 is 0 Å². The second kappa shape index (κ2) is 18.2. The maximum Gasteiger partial charge on any atom is 0.176 e. The molecule has 0 radical (unpaired) electrons. The summed E-state index contributed by atoms with van der Waals surface area (Å²) in [4.78, 5) is 12.0. The molecular formula is C26H45NO3. The van der Waals surface area contributed by atoms with Gasteiger partial charge < -0.3 is 15.5 Å². The minimum absolute atomic E-state index is 0.0678. The highest BCUT2D eigenvalue weighted by Crippen LogP contribution is 2.24. The monoisotopic (exact) mass is 419 g/mol. The quantitative estimate of drug-likeness (QED) is 0.119. The molecule has 30 heavy (non-hydrogen) atoms. The van der Waals surface area contributed by atoms with Gasteiger partial charge in [0.25, 0.3) is 0 Å². The second-order valence-electron chi connectivity index (χ2n) is 8.61. The van der Waals surface area contributed by atoms with Crippen molar-refractivity contribution in [2.45, 2.75) is 110 Å². The molecule has 0 unspecified atom stereocenters. The first-order valence-corrected chi connectivity index (χ1v) is 12.4. The van der Waals surface area contributed by atoms with E-state index in [2.05, 4.69) is 12.2 Å². The summed E-state index contributed by atoms with van der Waals surface area (Å²) in [5.41, 5.74) is 0.421. The minimum Gasteiger partial charge on any atom is -0.504 e. The van der Waals surface area contributed by atoms with Crippen molar-refractivity contribution in [3.63, 3.8) is 0 Å². The molecule has 4 nitrogen and oxygen atoms in total. The Morgan fingerprint density at radius 3 is 1.63 bits per heavy atom. The standard InChI is InChI=1S/C26H45NO3/c1-2-3-4-5-6-7-8-9-10-11-12-13-14-15-16-17-20-27-22-26(30)23-18-19-24(28)25(29)21-23/h18-19,21,27-29H,2-17,20,22H2,1H3. The van der Waals surface area contributed by atoms with E-state index < -0.39 is 0 Å². The molecule has 0 bridgehead atoms. The predicted octanol–water partition coefficient (Wildman–Crippen LogP) is 7.13. The highest BCUT2D eigenvalue weighted by molar-refractivity contribution is 5.98. The van der Waals surface area contributed by atoms with Gasteiger partial charge in [0.2, 0.25) is 0 Å². The Morgan fingerprint density at radius 2 is 1.17 bits per heavy atom. The maximum atomic E-state index is 12.0. The molecule has 0 heterocycles. The van der Waals surface area contributed by atoms with Crippen LogP contribution in [0.5, 0.6) is 11.5 Å². The lowest BCUT2D eigenvalue weighted by molar-refractivity contribution is 0.0990. The van der Waals surface area contributed by atoms with Crippen LogP contribution in [0, 0.1) is 0 Å². The molecule has 0 fully saturated rings. The number of hydrogen-bond donors (Lipinski definition) is 3. The van der Waals surface area contributed by atoms with Crippen LogP contribution in [0.3, 0.4) is 0 Å². The largest absolute Gasteiger partial charge is 0.504 e. The van der Waals surface area contributed by atoms with Crippen molar-refractivity contribution in [2.24, 2.45) is 0 Å². The van der Waals surface area contributed by atoms with Gasteiger partial charge in [0, 0.05) is 5.56 Å². The van der Waals surface area contributed by atoms with Gasteiger partial charge in [-0.3, -0.25) is 4.79 Å². The fraction of sp³-hybridized carbons (Fsp3) is 0.731. The second-order valence-corrected chi connectivity index (χ2v) is 8.61. The van der Waals surface area contributed by atoms with E-state index in [9.17, 15) is 15.0 Å². The molecule has 3 N–H and O–H groups in total. The van der Waals surface area contributed by atoms with Crippen molar-refractivity contribution < 1.29 is 15.0 Å². The number of hydrogen-bond acceptors (Lipinski definition) is 4. The molecule has 0 saturated carbocycles. The lowest BCUT2D eigenvalue weighted by atomic mass is 10.0. The normalized spacial score (nSPS) is 11.1. The fourth-order valence-corrected chi connectivity index (χ4v) is 3.80. The molecule has 1 aromatic rings. The Balaban J connectivity index is 1.81. The molecule has 0 amide bonds. The Morgan fingerprint density at radius 1 is 0.700 bits per heavy atom.